The van der Waals surface area contributed by atoms with Gasteiger partial charge in [0.25, 0.3) is 5.56 Å². The van der Waals surface area contributed by atoms with Gasteiger partial charge in [-0.3, -0.25) is 9.36 Å². The van der Waals surface area contributed by atoms with Crippen LogP contribution in [-0.2, 0) is 11.3 Å². The topological polar surface area (TPSA) is 50.6 Å². The second-order valence-electron chi connectivity index (χ2n) is 7.20. The first-order chi connectivity index (χ1) is 12.4. The van der Waals surface area contributed by atoms with Crippen LogP contribution in [0.25, 0.3) is 0 Å². The molecule has 1 aromatic rings. The maximum atomic E-state index is 13.7. The summed E-state index contributed by atoms with van der Waals surface area (Å²) in [5, 5.41) is 0. The van der Waals surface area contributed by atoms with Crippen molar-refractivity contribution < 1.29 is 17.9 Å². The number of anilines is 2. The minimum absolute atomic E-state index is 0.0535. The van der Waals surface area contributed by atoms with Crippen LogP contribution in [0.15, 0.2) is 10.9 Å². The van der Waals surface area contributed by atoms with Crippen LogP contribution in [0, 0.1) is 0 Å². The molecule has 3 aliphatic rings. The van der Waals surface area contributed by atoms with Crippen LogP contribution >= 0.6 is 0 Å². The fourth-order valence-electron chi connectivity index (χ4n) is 4.30. The molecule has 0 bridgehead atoms. The van der Waals surface area contributed by atoms with Gasteiger partial charge < -0.3 is 14.5 Å². The van der Waals surface area contributed by atoms with E-state index in [1.807, 2.05) is 4.90 Å². The molecule has 26 heavy (non-hydrogen) atoms. The predicted octanol–water partition coefficient (Wildman–Crippen LogP) is 2.16. The van der Waals surface area contributed by atoms with Crippen LogP contribution < -0.4 is 15.4 Å². The molecule has 144 valence electrons. The molecule has 4 rings (SSSR count). The van der Waals surface area contributed by atoms with E-state index in [0.29, 0.717) is 45.0 Å². The number of rotatable bonds is 2. The van der Waals surface area contributed by atoms with E-state index in [1.54, 1.807) is 0 Å². The Morgan fingerprint density at radius 1 is 1.08 bits per heavy atom. The number of alkyl halides is 3. The maximum Gasteiger partial charge on any atom is 0.408 e. The summed E-state index contributed by atoms with van der Waals surface area (Å²) in [7, 11) is 0. The molecule has 1 atom stereocenters. The molecule has 1 aromatic heterocycles. The van der Waals surface area contributed by atoms with Crippen molar-refractivity contribution in [2.45, 2.75) is 56.9 Å². The number of fused-ring (bicyclic) bond motifs is 1. The molecule has 1 saturated heterocycles. The van der Waals surface area contributed by atoms with Gasteiger partial charge in [-0.1, -0.05) is 12.8 Å². The Kier molecular flexibility index (Phi) is 4.58. The lowest BCUT2D eigenvalue weighted by atomic mass is 10.1. The van der Waals surface area contributed by atoms with Gasteiger partial charge in [0.2, 0.25) is 5.95 Å². The molecule has 0 radical (unpaired) electrons. The van der Waals surface area contributed by atoms with Crippen LogP contribution in [0.5, 0.6) is 0 Å². The van der Waals surface area contributed by atoms with Crippen molar-refractivity contribution in [2.24, 2.45) is 0 Å². The van der Waals surface area contributed by atoms with E-state index in [-0.39, 0.29) is 30.5 Å². The second-order valence-corrected chi connectivity index (χ2v) is 7.20. The molecular formula is C17H23F3N4O2. The average molecular weight is 372 g/mol. The fourth-order valence-corrected chi connectivity index (χ4v) is 4.30. The van der Waals surface area contributed by atoms with Crippen molar-refractivity contribution in [2.75, 3.05) is 36.1 Å². The van der Waals surface area contributed by atoms with Crippen LogP contribution in [0.1, 0.15) is 32.1 Å². The maximum absolute atomic E-state index is 13.7. The van der Waals surface area contributed by atoms with Gasteiger partial charge in [-0.25, -0.2) is 0 Å². The lowest BCUT2D eigenvalue weighted by Crippen LogP contribution is -2.56. The molecule has 0 spiro atoms. The van der Waals surface area contributed by atoms with E-state index >= 15 is 0 Å². The summed E-state index contributed by atoms with van der Waals surface area (Å²) in [4.78, 5) is 20.5. The Hall–Kier alpha value is -1.77. The number of ether oxygens (including phenoxy) is 1. The number of hydrogen-bond donors (Lipinski definition) is 0. The minimum atomic E-state index is -4.33. The normalized spacial score (nSPS) is 24.8. The number of halogens is 3. The van der Waals surface area contributed by atoms with E-state index in [2.05, 4.69) is 4.98 Å². The monoisotopic (exact) mass is 372 g/mol. The molecule has 3 heterocycles. The zero-order chi connectivity index (χ0) is 18.3. The van der Waals surface area contributed by atoms with Crippen LogP contribution in [-0.4, -0.2) is 54.1 Å². The van der Waals surface area contributed by atoms with Crippen LogP contribution in [0.4, 0.5) is 24.9 Å². The molecule has 6 nitrogen and oxygen atoms in total. The minimum Gasteiger partial charge on any atom is -0.378 e. The van der Waals surface area contributed by atoms with E-state index in [1.165, 1.54) is 15.5 Å². The highest BCUT2D eigenvalue weighted by Gasteiger charge is 2.49. The molecule has 2 fully saturated rings. The fraction of sp³-hybridized carbons (Fsp3) is 0.765. The molecule has 1 aliphatic carbocycles. The number of aromatic nitrogens is 2. The summed E-state index contributed by atoms with van der Waals surface area (Å²) in [6.45, 7) is 2.28. The quantitative estimate of drug-likeness (QED) is 0.796. The first-order valence-electron chi connectivity index (χ1n) is 9.25. The molecule has 0 aromatic carbocycles. The Morgan fingerprint density at radius 3 is 2.42 bits per heavy atom. The highest BCUT2D eigenvalue weighted by molar-refractivity contribution is 5.47. The number of morpholine rings is 1. The second kappa shape index (κ2) is 6.75. The Bertz CT molecular complexity index is 709. The van der Waals surface area contributed by atoms with Crippen LogP contribution in [0.2, 0.25) is 0 Å². The van der Waals surface area contributed by atoms with Crippen LogP contribution in [0.3, 0.4) is 0 Å². The van der Waals surface area contributed by atoms with Crippen molar-refractivity contribution in [3.05, 3.63) is 16.4 Å². The highest BCUT2D eigenvalue weighted by Crippen LogP contribution is 2.39. The zero-order valence-electron chi connectivity index (χ0n) is 14.5. The van der Waals surface area contributed by atoms with Gasteiger partial charge in [-0.2, -0.15) is 18.2 Å². The molecule has 0 amide bonds. The summed E-state index contributed by atoms with van der Waals surface area (Å²) >= 11 is 0. The summed E-state index contributed by atoms with van der Waals surface area (Å²) in [6, 6.07) is -0.340. The zero-order valence-corrected chi connectivity index (χ0v) is 14.5. The van der Waals surface area contributed by atoms with Crippen molar-refractivity contribution in [1.82, 2.24) is 9.55 Å². The molecular weight excluding hydrogens is 349 g/mol. The van der Waals surface area contributed by atoms with Crippen molar-refractivity contribution >= 4 is 11.8 Å². The summed E-state index contributed by atoms with van der Waals surface area (Å²) in [6.07, 6.45) is -1.18. The van der Waals surface area contributed by atoms with E-state index in [4.69, 9.17) is 4.74 Å². The SMILES string of the molecule is O=c1cc(N2CCOCC2)nc2n1CC[C@@H](C(F)(F)F)N2C1CCCC1. The first-order valence-corrected chi connectivity index (χ1v) is 9.25. The highest BCUT2D eigenvalue weighted by atomic mass is 19.4. The van der Waals surface area contributed by atoms with Gasteiger partial charge >= 0.3 is 6.18 Å². The van der Waals surface area contributed by atoms with Gasteiger partial charge in [0.15, 0.2) is 0 Å². The molecule has 9 heteroatoms. The van der Waals surface area contributed by atoms with Crippen molar-refractivity contribution in [3.8, 4) is 0 Å². The van der Waals surface area contributed by atoms with Gasteiger partial charge in [-0.05, 0) is 19.3 Å². The van der Waals surface area contributed by atoms with Gasteiger partial charge in [0.05, 0.1) is 13.2 Å². The number of hydrogen-bond acceptors (Lipinski definition) is 5. The van der Waals surface area contributed by atoms with Crippen molar-refractivity contribution in [1.29, 1.82) is 0 Å². The Morgan fingerprint density at radius 2 is 1.77 bits per heavy atom. The first kappa shape index (κ1) is 17.6. The molecule has 0 N–H and O–H groups in total. The third-order valence-corrected chi connectivity index (χ3v) is 5.60. The predicted molar refractivity (Wildman–Crippen MR) is 90.7 cm³/mol. The van der Waals surface area contributed by atoms with E-state index in [9.17, 15) is 18.0 Å². The molecule has 0 unspecified atom stereocenters. The van der Waals surface area contributed by atoms with E-state index in [0.717, 1.165) is 12.8 Å². The lowest BCUT2D eigenvalue weighted by molar-refractivity contribution is -0.154. The molecule has 2 aliphatic heterocycles. The average Bonchev–Trinajstić information content (AvgIpc) is 3.15. The third-order valence-electron chi connectivity index (χ3n) is 5.60. The van der Waals surface area contributed by atoms with Gasteiger partial charge in [0, 0.05) is 31.7 Å². The molecule has 1 saturated carbocycles. The summed E-state index contributed by atoms with van der Waals surface area (Å²) in [5.74, 6) is 0.634. The van der Waals surface area contributed by atoms with Gasteiger partial charge in [0.1, 0.15) is 11.9 Å². The van der Waals surface area contributed by atoms with E-state index < -0.39 is 12.2 Å². The number of nitrogens with zero attached hydrogens (tertiary/aromatic N) is 4. The Labute approximate surface area is 149 Å². The lowest BCUT2D eigenvalue weighted by Gasteiger charge is -2.43. The Balaban J connectivity index is 1.77. The van der Waals surface area contributed by atoms with Crippen molar-refractivity contribution in [3.63, 3.8) is 0 Å². The smallest absolute Gasteiger partial charge is 0.378 e. The van der Waals surface area contributed by atoms with Gasteiger partial charge in [-0.15, -0.1) is 0 Å². The third kappa shape index (κ3) is 3.17. The standard InChI is InChI=1S/C17H23F3N4O2/c18-17(19,20)13-5-6-23-15(25)11-14(22-7-9-26-10-8-22)21-16(23)24(13)12-3-1-2-4-12/h11-13H,1-10H2/t13-/m0/s1. The summed E-state index contributed by atoms with van der Waals surface area (Å²) in [5.41, 5.74) is -0.278. The summed E-state index contributed by atoms with van der Waals surface area (Å²) < 4.78 is 47.9. The largest absolute Gasteiger partial charge is 0.408 e.